The fourth-order valence-electron chi connectivity index (χ4n) is 4.84. The third-order valence-electron chi connectivity index (χ3n) is 6.40. The molecule has 0 saturated carbocycles. The molecular formula is C27H24N2O6. The van der Waals surface area contributed by atoms with Crippen molar-refractivity contribution in [2.45, 2.75) is 26.4 Å². The number of ether oxygens (including phenoxy) is 2. The maximum atomic E-state index is 13.4. The van der Waals surface area contributed by atoms with Crippen LogP contribution in [0.3, 0.4) is 0 Å². The number of carbonyl (C=O) groups is 3. The normalized spacial score (nSPS) is 14.9. The molecule has 5 rings (SSSR count). The van der Waals surface area contributed by atoms with E-state index in [1.807, 2.05) is 38.1 Å². The van der Waals surface area contributed by atoms with Crippen LogP contribution >= 0.6 is 0 Å². The molecular weight excluding hydrogens is 448 g/mol. The fraction of sp³-hybridized carbons (Fsp3) is 0.222. The lowest BCUT2D eigenvalue weighted by Crippen LogP contribution is -2.56. The maximum absolute atomic E-state index is 13.4. The Morgan fingerprint density at radius 3 is 1.69 bits per heavy atom. The van der Waals surface area contributed by atoms with E-state index in [0.717, 1.165) is 15.7 Å². The smallest absolute Gasteiger partial charge is 0.351 e. The quantitative estimate of drug-likeness (QED) is 0.394. The highest BCUT2D eigenvalue weighted by atomic mass is 16.5. The summed E-state index contributed by atoms with van der Waals surface area (Å²) >= 11 is 0. The van der Waals surface area contributed by atoms with Gasteiger partial charge in [-0.15, -0.1) is 0 Å². The van der Waals surface area contributed by atoms with Crippen molar-refractivity contribution < 1.29 is 29.0 Å². The van der Waals surface area contributed by atoms with Gasteiger partial charge in [0.15, 0.2) is 0 Å². The van der Waals surface area contributed by atoms with E-state index in [-0.39, 0.29) is 11.1 Å². The predicted molar refractivity (Wildman–Crippen MR) is 130 cm³/mol. The number of hydrogen-bond acceptors (Lipinski definition) is 5. The van der Waals surface area contributed by atoms with Crippen molar-refractivity contribution in [3.8, 4) is 11.5 Å². The summed E-state index contributed by atoms with van der Waals surface area (Å²) in [5.74, 6) is -1.58. The Bertz CT molecular complexity index is 1420. The number of carboxylic acid groups (broad SMARTS) is 1. The molecule has 1 atom stereocenters. The van der Waals surface area contributed by atoms with E-state index in [2.05, 4.69) is 0 Å². The molecule has 1 aromatic heterocycles. The second-order valence-electron chi connectivity index (χ2n) is 8.38. The van der Waals surface area contributed by atoms with Crippen LogP contribution in [0.15, 0.2) is 60.7 Å². The first-order valence-electron chi connectivity index (χ1n) is 11.4. The SMILES string of the molecule is CCOc1ccc2c3ccc(OCC)cc3n(C(C)(C(=O)O)N3C(=O)c4ccccc4C3=O)c2c1. The van der Waals surface area contributed by atoms with Crippen LogP contribution in [0, 0.1) is 0 Å². The van der Waals surface area contributed by atoms with Crippen molar-refractivity contribution in [2.24, 2.45) is 0 Å². The van der Waals surface area contributed by atoms with Crippen LogP contribution in [0.25, 0.3) is 21.8 Å². The molecule has 1 unspecified atom stereocenters. The number of carboxylic acids is 1. The Morgan fingerprint density at radius 1 is 0.829 bits per heavy atom. The second kappa shape index (κ2) is 8.16. The Morgan fingerprint density at radius 2 is 1.29 bits per heavy atom. The summed E-state index contributed by atoms with van der Waals surface area (Å²) in [7, 11) is 0. The molecule has 3 aromatic carbocycles. The lowest BCUT2D eigenvalue weighted by atomic mass is 10.1. The number of hydrogen-bond donors (Lipinski definition) is 1. The number of imide groups is 1. The van der Waals surface area contributed by atoms with Crippen LogP contribution in [0.1, 0.15) is 41.5 Å². The van der Waals surface area contributed by atoms with E-state index in [1.165, 1.54) is 23.6 Å². The summed E-state index contributed by atoms with van der Waals surface area (Å²) in [6.07, 6.45) is 0. The molecule has 8 nitrogen and oxygen atoms in total. The minimum absolute atomic E-state index is 0.177. The van der Waals surface area contributed by atoms with Crippen molar-refractivity contribution in [2.75, 3.05) is 13.2 Å². The topological polar surface area (TPSA) is 98.1 Å². The first-order chi connectivity index (χ1) is 16.8. The van der Waals surface area contributed by atoms with Gasteiger partial charge in [0, 0.05) is 22.9 Å². The van der Waals surface area contributed by atoms with Gasteiger partial charge in [-0.25, -0.2) is 9.69 Å². The van der Waals surface area contributed by atoms with Crippen molar-refractivity contribution >= 4 is 39.6 Å². The minimum Gasteiger partial charge on any atom is -0.494 e. The molecule has 0 aliphatic carbocycles. The Kier molecular flexibility index (Phi) is 5.24. The molecule has 0 spiro atoms. The van der Waals surface area contributed by atoms with Crippen LogP contribution in [0.4, 0.5) is 0 Å². The van der Waals surface area contributed by atoms with E-state index < -0.39 is 23.4 Å². The van der Waals surface area contributed by atoms with Gasteiger partial charge in [-0.05, 0) is 57.2 Å². The van der Waals surface area contributed by atoms with Crippen LogP contribution in [0.2, 0.25) is 0 Å². The first kappa shape index (κ1) is 22.5. The number of aromatic nitrogens is 1. The second-order valence-corrected chi connectivity index (χ2v) is 8.38. The first-order valence-corrected chi connectivity index (χ1v) is 11.4. The van der Waals surface area contributed by atoms with Crippen LogP contribution in [0.5, 0.6) is 11.5 Å². The monoisotopic (exact) mass is 472 g/mol. The van der Waals surface area contributed by atoms with Gasteiger partial charge in [0.1, 0.15) is 11.5 Å². The number of rotatable bonds is 7. The summed E-state index contributed by atoms with van der Waals surface area (Å²) in [5, 5.41) is 12.1. The molecule has 0 radical (unpaired) electrons. The zero-order valence-corrected chi connectivity index (χ0v) is 19.6. The zero-order valence-electron chi connectivity index (χ0n) is 19.6. The summed E-state index contributed by atoms with van der Waals surface area (Å²) in [4.78, 5) is 40.7. The highest BCUT2D eigenvalue weighted by molar-refractivity contribution is 6.23. The summed E-state index contributed by atoms with van der Waals surface area (Å²) < 4.78 is 12.9. The maximum Gasteiger partial charge on any atom is 0.351 e. The highest BCUT2D eigenvalue weighted by Gasteiger charge is 2.53. The van der Waals surface area contributed by atoms with Crippen molar-refractivity contribution in [1.82, 2.24) is 9.47 Å². The molecule has 2 heterocycles. The van der Waals surface area contributed by atoms with Crippen molar-refractivity contribution in [3.63, 3.8) is 0 Å². The molecule has 2 amide bonds. The largest absolute Gasteiger partial charge is 0.494 e. The molecule has 0 saturated heterocycles. The lowest BCUT2D eigenvalue weighted by Gasteiger charge is -2.36. The Balaban J connectivity index is 1.86. The van der Waals surface area contributed by atoms with E-state index in [0.29, 0.717) is 35.7 Å². The minimum atomic E-state index is -2.08. The van der Waals surface area contributed by atoms with Crippen LogP contribution in [-0.4, -0.2) is 45.6 Å². The van der Waals surface area contributed by atoms with Gasteiger partial charge in [-0.3, -0.25) is 9.59 Å². The zero-order chi connectivity index (χ0) is 24.9. The summed E-state index contributed by atoms with van der Waals surface area (Å²) in [6.45, 7) is 5.93. The standard InChI is InChI=1S/C27H24N2O6/c1-4-34-16-10-12-18-19-13-11-17(35-5-2)15-23(19)28(22(18)14-16)27(3,26(32)33)29-24(30)20-8-6-7-9-21(20)25(29)31/h6-15H,4-5H2,1-3H3,(H,32,33). The summed E-state index contributed by atoms with van der Waals surface area (Å²) in [6, 6.07) is 17.2. The third-order valence-corrected chi connectivity index (χ3v) is 6.40. The molecule has 4 aromatic rings. The molecule has 35 heavy (non-hydrogen) atoms. The molecule has 0 fully saturated rings. The number of fused-ring (bicyclic) bond motifs is 4. The summed E-state index contributed by atoms with van der Waals surface area (Å²) in [5.41, 5.74) is -0.698. The number of benzene rings is 3. The average molecular weight is 472 g/mol. The van der Waals surface area contributed by atoms with E-state index in [1.54, 1.807) is 24.3 Å². The van der Waals surface area contributed by atoms with E-state index in [9.17, 15) is 19.5 Å². The van der Waals surface area contributed by atoms with Gasteiger partial charge in [-0.1, -0.05) is 12.1 Å². The number of aliphatic carboxylic acids is 1. The molecule has 1 N–H and O–H groups in total. The van der Waals surface area contributed by atoms with Gasteiger partial charge in [0.05, 0.1) is 35.4 Å². The third kappa shape index (κ3) is 3.17. The number of nitrogens with zero attached hydrogens (tertiary/aromatic N) is 2. The number of amides is 2. The van der Waals surface area contributed by atoms with Crippen molar-refractivity contribution in [1.29, 1.82) is 0 Å². The van der Waals surface area contributed by atoms with Gasteiger partial charge < -0.3 is 19.1 Å². The lowest BCUT2D eigenvalue weighted by molar-refractivity contribution is -0.152. The molecule has 8 heteroatoms. The fourth-order valence-corrected chi connectivity index (χ4v) is 4.84. The molecule has 1 aliphatic rings. The van der Waals surface area contributed by atoms with Crippen LogP contribution in [-0.2, 0) is 10.5 Å². The van der Waals surface area contributed by atoms with E-state index >= 15 is 0 Å². The highest BCUT2D eigenvalue weighted by Crippen LogP contribution is 2.41. The van der Waals surface area contributed by atoms with Gasteiger partial charge in [0.25, 0.3) is 11.8 Å². The average Bonchev–Trinajstić information content (AvgIpc) is 3.30. The predicted octanol–water partition coefficient (Wildman–Crippen LogP) is 4.65. The Labute approximate surface area is 201 Å². The van der Waals surface area contributed by atoms with Gasteiger partial charge >= 0.3 is 5.97 Å². The van der Waals surface area contributed by atoms with Crippen LogP contribution < -0.4 is 9.47 Å². The Hall–Kier alpha value is -4.33. The van der Waals surface area contributed by atoms with Gasteiger partial charge in [0.2, 0.25) is 5.66 Å². The molecule has 1 aliphatic heterocycles. The van der Waals surface area contributed by atoms with Gasteiger partial charge in [-0.2, -0.15) is 0 Å². The molecule has 0 bridgehead atoms. The van der Waals surface area contributed by atoms with E-state index in [4.69, 9.17) is 9.47 Å². The number of carbonyl (C=O) groups excluding carboxylic acids is 2. The molecule has 178 valence electrons. The van der Waals surface area contributed by atoms with Crippen molar-refractivity contribution in [3.05, 3.63) is 71.8 Å².